The van der Waals surface area contributed by atoms with Crippen molar-refractivity contribution in [3.63, 3.8) is 0 Å². The van der Waals surface area contributed by atoms with Crippen molar-refractivity contribution in [2.75, 3.05) is 19.1 Å². The number of benzene rings is 2. The van der Waals surface area contributed by atoms with Crippen LogP contribution in [0.15, 0.2) is 57.0 Å². The number of nitrogen functional groups attached to an aromatic ring is 1. The lowest BCUT2D eigenvalue weighted by Gasteiger charge is -2.14. The summed E-state index contributed by atoms with van der Waals surface area (Å²) in [5, 5.41) is 0.335. The maximum Gasteiger partial charge on any atom is 0.353 e. The number of hydrogen-bond acceptors (Lipinski definition) is 7. The van der Waals surface area contributed by atoms with Crippen LogP contribution in [0.2, 0.25) is 5.02 Å². The number of hydrogen-bond donors (Lipinski definition) is 1. The van der Waals surface area contributed by atoms with Gasteiger partial charge >= 0.3 is 17.3 Å². The zero-order valence-corrected chi connectivity index (χ0v) is 21.3. The Labute approximate surface area is 213 Å². The molecular weight excluding hydrogens is 486 g/mol. The first-order valence-corrected chi connectivity index (χ1v) is 12.0. The molecule has 0 saturated carbocycles. The summed E-state index contributed by atoms with van der Waals surface area (Å²) in [5.41, 5.74) is 0.881. The molecule has 0 fully saturated rings. The average Bonchev–Trinajstić information content (AvgIpc) is 2.85. The molecule has 3 rings (SSSR count). The predicted molar refractivity (Wildman–Crippen MR) is 137 cm³/mol. The Morgan fingerprint density at radius 3 is 2.39 bits per heavy atom. The molecule has 0 aliphatic rings. The molecule has 2 aromatic carbocycles. The SMILES string of the molecule is CCOC(=O)CCCn1c(=O)n(N)c(=Nc2ccc(OCC)c(Cl)c2)n(Cc2ccc(C)cc2)c1=O. The molecule has 0 radical (unpaired) electrons. The second-order valence-electron chi connectivity index (χ2n) is 8.03. The van der Waals surface area contributed by atoms with Crippen LogP contribution in [0.1, 0.15) is 37.8 Å². The van der Waals surface area contributed by atoms with Crippen molar-refractivity contribution in [2.24, 2.45) is 4.99 Å². The minimum Gasteiger partial charge on any atom is -0.492 e. The summed E-state index contributed by atoms with van der Waals surface area (Å²) >= 11 is 6.30. The van der Waals surface area contributed by atoms with Crippen LogP contribution < -0.4 is 27.6 Å². The van der Waals surface area contributed by atoms with E-state index in [1.54, 1.807) is 25.1 Å². The second-order valence-corrected chi connectivity index (χ2v) is 8.43. The minimum atomic E-state index is -0.750. The molecule has 1 heterocycles. The summed E-state index contributed by atoms with van der Waals surface area (Å²) in [6.07, 6.45) is 0.308. The van der Waals surface area contributed by atoms with Crippen molar-refractivity contribution in [1.29, 1.82) is 0 Å². The van der Waals surface area contributed by atoms with E-state index in [4.69, 9.17) is 26.9 Å². The van der Waals surface area contributed by atoms with Crippen LogP contribution in [-0.4, -0.2) is 33.0 Å². The fourth-order valence-corrected chi connectivity index (χ4v) is 3.77. The number of esters is 1. The lowest BCUT2D eigenvalue weighted by atomic mass is 10.1. The monoisotopic (exact) mass is 515 g/mol. The molecule has 0 aliphatic heterocycles. The highest BCUT2D eigenvalue weighted by Gasteiger charge is 2.15. The van der Waals surface area contributed by atoms with Crippen molar-refractivity contribution >= 4 is 23.3 Å². The molecule has 1 aromatic heterocycles. The van der Waals surface area contributed by atoms with Crippen LogP contribution in [0.3, 0.4) is 0 Å². The first-order chi connectivity index (χ1) is 17.2. The average molecular weight is 516 g/mol. The van der Waals surface area contributed by atoms with Gasteiger partial charge in [0.15, 0.2) is 0 Å². The summed E-state index contributed by atoms with van der Waals surface area (Å²) in [6, 6.07) is 12.5. The van der Waals surface area contributed by atoms with Crippen LogP contribution in [0.25, 0.3) is 0 Å². The first kappa shape index (κ1) is 26.8. The zero-order chi connectivity index (χ0) is 26.2. The fourth-order valence-electron chi connectivity index (χ4n) is 3.54. The number of carbonyl (C=O) groups is 1. The lowest BCUT2D eigenvalue weighted by Crippen LogP contribution is -2.57. The van der Waals surface area contributed by atoms with Gasteiger partial charge in [-0.15, -0.1) is 0 Å². The lowest BCUT2D eigenvalue weighted by molar-refractivity contribution is -0.143. The van der Waals surface area contributed by atoms with Crippen molar-refractivity contribution in [1.82, 2.24) is 13.8 Å². The normalized spacial score (nSPS) is 11.5. The van der Waals surface area contributed by atoms with E-state index in [1.165, 1.54) is 4.57 Å². The highest BCUT2D eigenvalue weighted by atomic mass is 35.5. The highest BCUT2D eigenvalue weighted by Crippen LogP contribution is 2.28. The quantitative estimate of drug-likeness (QED) is 0.327. The van der Waals surface area contributed by atoms with Crippen LogP contribution in [-0.2, 0) is 22.6 Å². The van der Waals surface area contributed by atoms with E-state index < -0.39 is 17.3 Å². The molecule has 2 N–H and O–H groups in total. The Morgan fingerprint density at radius 2 is 1.75 bits per heavy atom. The molecular formula is C25H30ClN5O5. The summed E-state index contributed by atoms with van der Waals surface area (Å²) in [6.45, 7) is 6.35. The molecule has 0 atom stereocenters. The molecule has 0 spiro atoms. The topological polar surface area (TPSA) is 123 Å². The maximum atomic E-state index is 13.5. The van der Waals surface area contributed by atoms with E-state index in [0.29, 0.717) is 23.1 Å². The number of ether oxygens (including phenoxy) is 2. The number of carbonyl (C=O) groups excluding carboxylic acids is 1. The molecule has 192 valence electrons. The van der Waals surface area contributed by atoms with Gasteiger partial charge in [-0.2, -0.15) is 4.68 Å². The van der Waals surface area contributed by atoms with Gasteiger partial charge in [-0.3, -0.25) is 9.36 Å². The van der Waals surface area contributed by atoms with Crippen LogP contribution in [0.5, 0.6) is 5.75 Å². The van der Waals surface area contributed by atoms with Gasteiger partial charge in [-0.1, -0.05) is 41.4 Å². The Morgan fingerprint density at radius 1 is 1.03 bits per heavy atom. The van der Waals surface area contributed by atoms with Gasteiger partial charge < -0.3 is 15.3 Å². The standard InChI is InChI=1S/C25H30ClN5O5/c1-4-35-21-13-12-19(15-20(21)26)28-23-30(16-18-10-8-17(3)9-11-18)24(33)29(25(34)31(23)27)14-6-7-22(32)36-5-2/h8-13,15H,4-7,14,16,27H2,1-3H3. The number of aryl methyl sites for hydroxylation is 1. The van der Waals surface area contributed by atoms with Crippen molar-refractivity contribution in [3.05, 3.63) is 85.2 Å². The molecule has 11 heteroatoms. The van der Waals surface area contributed by atoms with E-state index >= 15 is 0 Å². The minimum absolute atomic E-state index is 0.00323. The third-order valence-electron chi connectivity index (χ3n) is 5.33. The highest BCUT2D eigenvalue weighted by molar-refractivity contribution is 6.32. The van der Waals surface area contributed by atoms with Gasteiger partial charge in [0, 0.05) is 13.0 Å². The summed E-state index contributed by atoms with van der Waals surface area (Å²) < 4.78 is 13.5. The van der Waals surface area contributed by atoms with E-state index in [9.17, 15) is 14.4 Å². The molecule has 0 aliphatic carbocycles. The number of nitrogens with zero attached hydrogens (tertiary/aromatic N) is 4. The van der Waals surface area contributed by atoms with E-state index in [2.05, 4.69) is 4.99 Å². The number of halogens is 1. The van der Waals surface area contributed by atoms with E-state index in [0.717, 1.165) is 20.4 Å². The number of rotatable bonds is 10. The third kappa shape index (κ3) is 6.45. The Kier molecular flexibility index (Phi) is 9.13. The molecule has 0 saturated heterocycles. The van der Waals surface area contributed by atoms with Crippen LogP contribution in [0, 0.1) is 6.92 Å². The molecule has 0 bridgehead atoms. The second kappa shape index (κ2) is 12.3. The largest absolute Gasteiger partial charge is 0.492 e. The van der Waals surface area contributed by atoms with Gasteiger partial charge in [-0.25, -0.2) is 19.1 Å². The summed E-state index contributed by atoms with van der Waals surface area (Å²) in [4.78, 5) is 42.7. The van der Waals surface area contributed by atoms with Crippen molar-refractivity contribution in [3.8, 4) is 5.75 Å². The van der Waals surface area contributed by atoms with E-state index in [1.807, 2.05) is 38.1 Å². The Balaban J connectivity index is 2.12. The predicted octanol–water partition coefficient (Wildman–Crippen LogP) is 2.51. The van der Waals surface area contributed by atoms with Crippen molar-refractivity contribution in [2.45, 2.75) is 46.7 Å². The Hall–Kier alpha value is -3.79. The zero-order valence-electron chi connectivity index (χ0n) is 20.6. The Bertz CT molecular complexity index is 1410. The fraction of sp³-hybridized carbons (Fsp3) is 0.360. The van der Waals surface area contributed by atoms with Crippen molar-refractivity contribution < 1.29 is 14.3 Å². The molecule has 0 unspecified atom stereocenters. The first-order valence-electron chi connectivity index (χ1n) is 11.6. The molecule has 10 nitrogen and oxygen atoms in total. The van der Waals surface area contributed by atoms with Gasteiger partial charge in [0.05, 0.1) is 30.5 Å². The van der Waals surface area contributed by atoms with Gasteiger partial charge in [0.25, 0.3) is 0 Å². The van der Waals surface area contributed by atoms with Crippen LogP contribution in [0.4, 0.5) is 5.69 Å². The summed E-state index contributed by atoms with van der Waals surface area (Å²) in [5.74, 6) is 6.25. The third-order valence-corrected chi connectivity index (χ3v) is 5.62. The van der Waals surface area contributed by atoms with Gasteiger partial charge in [0.1, 0.15) is 5.75 Å². The van der Waals surface area contributed by atoms with Crippen LogP contribution >= 0.6 is 11.6 Å². The smallest absolute Gasteiger partial charge is 0.353 e. The molecule has 36 heavy (non-hydrogen) atoms. The van der Waals surface area contributed by atoms with Gasteiger partial charge in [0.2, 0.25) is 5.62 Å². The van der Waals surface area contributed by atoms with E-state index in [-0.39, 0.29) is 38.2 Å². The molecule has 0 amide bonds. The molecule has 3 aromatic rings. The number of nitrogens with two attached hydrogens (primary N) is 1. The van der Waals surface area contributed by atoms with Gasteiger partial charge in [-0.05, 0) is 51.0 Å². The maximum absolute atomic E-state index is 13.5. The summed E-state index contributed by atoms with van der Waals surface area (Å²) in [7, 11) is 0. The number of aromatic nitrogens is 3.